The molecule has 1 amide bonds. The van der Waals surface area contributed by atoms with Crippen LogP contribution in [0.4, 0.5) is 8.78 Å². The van der Waals surface area contributed by atoms with E-state index in [2.05, 4.69) is 0 Å². The number of carbonyl (C=O) groups is 1. The molecule has 3 aromatic rings. The maximum atomic E-state index is 14.1. The molecule has 0 saturated heterocycles. The number of amides is 1. The molecule has 34 heavy (non-hydrogen) atoms. The predicted octanol–water partition coefficient (Wildman–Crippen LogP) is 4.93. The first kappa shape index (κ1) is 25.2. The summed E-state index contributed by atoms with van der Waals surface area (Å²) in [5, 5.41) is 0. The van der Waals surface area contributed by atoms with Gasteiger partial charge in [-0.1, -0.05) is 44.2 Å². The van der Waals surface area contributed by atoms with Gasteiger partial charge in [0.15, 0.2) is 11.6 Å². The summed E-state index contributed by atoms with van der Waals surface area (Å²) in [6, 6.07) is 15.4. The molecule has 3 aromatic carbocycles. The van der Waals surface area contributed by atoms with Crippen LogP contribution >= 0.6 is 0 Å². The smallest absolute Gasteiger partial charge is 0.339 e. The Bertz CT molecular complexity index is 1260. The number of halogens is 2. The average molecular weight is 490 g/mol. The minimum absolute atomic E-state index is 0.0133. The van der Waals surface area contributed by atoms with E-state index < -0.39 is 15.9 Å². The summed E-state index contributed by atoms with van der Waals surface area (Å²) in [6.45, 7) is 3.76. The fourth-order valence-electron chi connectivity index (χ4n) is 3.28. The van der Waals surface area contributed by atoms with Gasteiger partial charge in [0.1, 0.15) is 16.5 Å². The zero-order valence-corrected chi connectivity index (χ0v) is 19.8. The molecule has 0 unspecified atom stereocenters. The number of hydrogen-bond donors (Lipinski definition) is 0. The fourth-order valence-corrected chi connectivity index (χ4v) is 4.26. The highest BCUT2D eigenvalue weighted by atomic mass is 32.2. The van der Waals surface area contributed by atoms with Crippen LogP contribution in [0.25, 0.3) is 0 Å². The van der Waals surface area contributed by atoms with Crippen LogP contribution in [0, 0.1) is 17.6 Å². The Morgan fingerprint density at radius 1 is 0.941 bits per heavy atom. The average Bonchev–Trinajstić information content (AvgIpc) is 2.80. The van der Waals surface area contributed by atoms with Gasteiger partial charge in [-0.25, -0.2) is 8.78 Å². The van der Waals surface area contributed by atoms with E-state index in [1.54, 1.807) is 49.1 Å². The highest BCUT2D eigenvalue weighted by molar-refractivity contribution is 7.87. The van der Waals surface area contributed by atoms with E-state index >= 15 is 0 Å². The van der Waals surface area contributed by atoms with Crippen molar-refractivity contribution in [3.05, 3.63) is 89.5 Å². The second kappa shape index (κ2) is 10.6. The number of carbonyl (C=O) groups excluding carboxylic acids is 1. The molecule has 0 radical (unpaired) electrons. The summed E-state index contributed by atoms with van der Waals surface area (Å²) in [5.74, 6) is -1.79. The van der Waals surface area contributed by atoms with E-state index in [0.717, 1.165) is 11.6 Å². The Kier molecular flexibility index (Phi) is 7.88. The van der Waals surface area contributed by atoms with E-state index in [-0.39, 0.29) is 47.1 Å². The number of benzene rings is 3. The topological polar surface area (TPSA) is 72.9 Å². The van der Waals surface area contributed by atoms with Gasteiger partial charge in [-0.2, -0.15) is 8.42 Å². The van der Waals surface area contributed by atoms with E-state index in [0.29, 0.717) is 5.56 Å². The first-order valence-electron chi connectivity index (χ1n) is 10.5. The molecule has 0 aromatic heterocycles. The summed E-state index contributed by atoms with van der Waals surface area (Å²) in [6.07, 6.45) is 0. The fraction of sp³-hybridized carbons (Fsp3) is 0.240. The van der Waals surface area contributed by atoms with Crippen molar-refractivity contribution < 1.29 is 30.9 Å². The second-order valence-corrected chi connectivity index (χ2v) is 9.46. The van der Waals surface area contributed by atoms with Gasteiger partial charge < -0.3 is 13.8 Å². The first-order chi connectivity index (χ1) is 16.1. The zero-order valence-electron chi connectivity index (χ0n) is 19.0. The molecule has 180 valence electrons. The largest absolute Gasteiger partial charge is 0.494 e. The summed E-state index contributed by atoms with van der Waals surface area (Å²) in [7, 11) is -3.09. The van der Waals surface area contributed by atoms with Crippen LogP contribution in [-0.2, 0) is 28.0 Å². The lowest BCUT2D eigenvalue weighted by molar-refractivity contribution is -0.135. The van der Waals surface area contributed by atoms with Crippen molar-refractivity contribution in [3.63, 3.8) is 0 Å². The lowest BCUT2D eigenvalue weighted by Gasteiger charge is -2.26. The van der Waals surface area contributed by atoms with E-state index in [1.165, 1.54) is 37.4 Å². The number of ether oxygens (including phenoxy) is 1. The Hall–Kier alpha value is -3.46. The van der Waals surface area contributed by atoms with Crippen molar-refractivity contribution in [2.24, 2.45) is 5.92 Å². The molecule has 9 heteroatoms. The maximum Gasteiger partial charge on any atom is 0.339 e. The third-order valence-corrected chi connectivity index (χ3v) is 6.27. The highest BCUT2D eigenvalue weighted by Crippen LogP contribution is 2.27. The Labute approximate surface area is 197 Å². The molecule has 0 aliphatic carbocycles. The summed E-state index contributed by atoms with van der Waals surface area (Å²) < 4.78 is 63.1. The molecule has 0 aliphatic rings. The van der Waals surface area contributed by atoms with Crippen molar-refractivity contribution >= 4 is 16.0 Å². The second-order valence-electron chi connectivity index (χ2n) is 7.92. The predicted molar refractivity (Wildman–Crippen MR) is 123 cm³/mol. The zero-order chi connectivity index (χ0) is 24.9. The van der Waals surface area contributed by atoms with E-state index in [4.69, 9.17) is 8.92 Å². The molecular formula is C25H25F2NO5S. The van der Waals surface area contributed by atoms with Gasteiger partial charge in [-0.15, -0.1) is 0 Å². The standard InChI is InChI=1S/C25H25F2NO5S/c1-17(2)25(29)28(15-18-8-10-20(26)11-9-18)16-19-6-4-5-7-23(19)33-34(30,31)21-12-13-24(32-3)22(27)14-21/h4-14,17H,15-16H2,1-3H3. The quantitative estimate of drug-likeness (QED) is 0.399. The van der Waals surface area contributed by atoms with Crippen molar-refractivity contribution in [1.29, 1.82) is 0 Å². The minimum atomic E-state index is -4.36. The van der Waals surface area contributed by atoms with Crippen LogP contribution in [0.1, 0.15) is 25.0 Å². The van der Waals surface area contributed by atoms with Gasteiger partial charge in [-0.05, 0) is 42.0 Å². The minimum Gasteiger partial charge on any atom is -0.494 e. The van der Waals surface area contributed by atoms with Crippen molar-refractivity contribution in [1.82, 2.24) is 4.90 Å². The van der Waals surface area contributed by atoms with Crippen LogP contribution in [0.5, 0.6) is 11.5 Å². The molecule has 0 fully saturated rings. The monoisotopic (exact) mass is 489 g/mol. The maximum absolute atomic E-state index is 14.1. The lowest BCUT2D eigenvalue weighted by atomic mass is 10.1. The summed E-state index contributed by atoms with van der Waals surface area (Å²) >= 11 is 0. The highest BCUT2D eigenvalue weighted by Gasteiger charge is 2.23. The summed E-state index contributed by atoms with van der Waals surface area (Å²) in [4.78, 5) is 14.0. The van der Waals surface area contributed by atoms with Crippen LogP contribution < -0.4 is 8.92 Å². The van der Waals surface area contributed by atoms with Crippen LogP contribution in [-0.4, -0.2) is 26.3 Å². The molecule has 3 rings (SSSR count). The van der Waals surface area contributed by atoms with Crippen molar-refractivity contribution in [3.8, 4) is 11.5 Å². The molecule has 0 saturated carbocycles. The van der Waals surface area contributed by atoms with Gasteiger partial charge >= 0.3 is 10.1 Å². The molecule has 0 spiro atoms. The normalized spacial score (nSPS) is 11.4. The Morgan fingerprint density at radius 3 is 2.24 bits per heavy atom. The van der Waals surface area contributed by atoms with Crippen molar-refractivity contribution in [2.45, 2.75) is 31.8 Å². The lowest BCUT2D eigenvalue weighted by Crippen LogP contribution is -2.33. The molecule has 0 bridgehead atoms. The van der Waals surface area contributed by atoms with Gasteiger partial charge in [0, 0.05) is 24.6 Å². The third-order valence-electron chi connectivity index (χ3n) is 5.04. The van der Waals surface area contributed by atoms with E-state index in [1.807, 2.05) is 0 Å². The van der Waals surface area contributed by atoms with Crippen LogP contribution in [0.3, 0.4) is 0 Å². The van der Waals surface area contributed by atoms with Crippen LogP contribution in [0.15, 0.2) is 71.6 Å². The molecule has 0 aliphatic heterocycles. The van der Waals surface area contributed by atoms with Crippen molar-refractivity contribution in [2.75, 3.05) is 7.11 Å². The molecule has 0 atom stereocenters. The number of hydrogen-bond acceptors (Lipinski definition) is 5. The molecule has 0 heterocycles. The van der Waals surface area contributed by atoms with Gasteiger partial charge in [0.2, 0.25) is 5.91 Å². The van der Waals surface area contributed by atoms with Gasteiger partial charge in [0.25, 0.3) is 0 Å². The number of para-hydroxylation sites is 1. The molecule has 6 nitrogen and oxygen atoms in total. The molecular weight excluding hydrogens is 464 g/mol. The van der Waals surface area contributed by atoms with Crippen LogP contribution in [0.2, 0.25) is 0 Å². The molecule has 0 N–H and O–H groups in total. The van der Waals surface area contributed by atoms with Gasteiger partial charge in [-0.3, -0.25) is 4.79 Å². The summed E-state index contributed by atoms with van der Waals surface area (Å²) in [5.41, 5.74) is 1.16. The SMILES string of the molecule is COc1ccc(S(=O)(=O)Oc2ccccc2CN(Cc2ccc(F)cc2)C(=O)C(C)C)cc1F. The first-order valence-corrected chi connectivity index (χ1v) is 11.9. The number of methoxy groups -OCH3 is 1. The number of nitrogens with zero attached hydrogens (tertiary/aromatic N) is 1. The Balaban J connectivity index is 1.89. The third kappa shape index (κ3) is 6.11. The van der Waals surface area contributed by atoms with E-state index in [9.17, 15) is 22.0 Å². The number of rotatable bonds is 9. The van der Waals surface area contributed by atoms with Gasteiger partial charge in [0.05, 0.1) is 7.11 Å². The Morgan fingerprint density at radius 2 is 1.62 bits per heavy atom.